The molecule has 3 aromatic rings. The number of aromatic nitrogens is 3. The van der Waals surface area contributed by atoms with Gasteiger partial charge in [-0.1, -0.05) is 43.2 Å². The summed E-state index contributed by atoms with van der Waals surface area (Å²) in [5.41, 5.74) is 5.57. The van der Waals surface area contributed by atoms with Gasteiger partial charge in [0.2, 0.25) is 5.91 Å². The largest absolute Gasteiger partial charge is 0.353 e. The second-order valence-corrected chi connectivity index (χ2v) is 8.55. The Morgan fingerprint density at radius 2 is 1.93 bits per heavy atom. The Morgan fingerprint density at radius 1 is 1.15 bits per heavy atom. The summed E-state index contributed by atoms with van der Waals surface area (Å²) in [5, 5.41) is 13.9. The van der Waals surface area contributed by atoms with Crippen molar-refractivity contribution in [3.8, 4) is 0 Å². The van der Waals surface area contributed by atoms with E-state index in [1.165, 1.54) is 47.5 Å². The molecule has 0 spiro atoms. The van der Waals surface area contributed by atoms with Crippen molar-refractivity contribution in [1.82, 2.24) is 19.9 Å². The van der Waals surface area contributed by atoms with Gasteiger partial charge in [-0.25, -0.2) is 0 Å². The molecule has 0 saturated heterocycles. The van der Waals surface area contributed by atoms with Gasteiger partial charge in [0, 0.05) is 6.04 Å². The molecule has 0 atom stereocenters. The summed E-state index contributed by atoms with van der Waals surface area (Å²) in [6, 6.07) is 6.80. The summed E-state index contributed by atoms with van der Waals surface area (Å²) in [6.07, 6.45) is 5.94. The van der Waals surface area contributed by atoms with Crippen molar-refractivity contribution in [2.45, 2.75) is 64.1 Å². The third-order valence-electron chi connectivity index (χ3n) is 5.62. The van der Waals surface area contributed by atoms with E-state index in [0.29, 0.717) is 11.8 Å². The third-order valence-corrected chi connectivity index (χ3v) is 6.55. The molecular formula is C21H26N4OS. The van der Waals surface area contributed by atoms with Gasteiger partial charge >= 0.3 is 0 Å². The van der Waals surface area contributed by atoms with Gasteiger partial charge in [-0.3, -0.25) is 9.20 Å². The highest BCUT2D eigenvalue weighted by atomic mass is 32.2. The van der Waals surface area contributed by atoms with Crippen molar-refractivity contribution in [3.05, 3.63) is 34.9 Å². The van der Waals surface area contributed by atoms with E-state index in [0.717, 1.165) is 34.7 Å². The van der Waals surface area contributed by atoms with Crippen LogP contribution in [0.5, 0.6) is 0 Å². The number of benzene rings is 1. The minimum atomic E-state index is 0.0912. The Labute approximate surface area is 163 Å². The fourth-order valence-corrected chi connectivity index (χ4v) is 4.75. The fraction of sp³-hybridized carbons (Fsp3) is 0.476. The molecule has 5 nitrogen and oxygen atoms in total. The molecule has 1 aliphatic rings. The van der Waals surface area contributed by atoms with Crippen LogP contribution in [0.2, 0.25) is 0 Å². The van der Waals surface area contributed by atoms with E-state index in [4.69, 9.17) is 0 Å². The smallest absolute Gasteiger partial charge is 0.230 e. The maximum atomic E-state index is 12.4. The Balaban J connectivity index is 1.62. The van der Waals surface area contributed by atoms with Crippen LogP contribution in [-0.2, 0) is 4.79 Å². The van der Waals surface area contributed by atoms with E-state index in [1.807, 2.05) is 0 Å². The first-order chi connectivity index (χ1) is 13.0. The lowest BCUT2D eigenvalue weighted by Crippen LogP contribution is -2.37. The lowest BCUT2D eigenvalue weighted by Gasteiger charge is -2.22. The molecule has 4 rings (SSSR count). The number of hydrogen-bond acceptors (Lipinski definition) is 4. The quantitative estimate of drug-likeness (QED) is 0.682. The van der Waals surface area contributed by atoms with Crippen LogP contribution < -0.4 is 5.32 Å². The number of aryl methyl sites for hydroxylation is 3. The molecule has 1 saturated carbocycles. The predicted octanol–water partition coefficient (Wildman–Crippen LogP) is 4.35. The van der Waals surface area contributed by atoms with E-state index < -0.39 is 0 Å². The first kappa shape index (κ1) is 18.3. The van der Waals surface area contributed by atoms with Gasteiger partial charge in [-0.2, -0.15) is 0 Å². The van der Waals surface area contributed by atoms with E-state index in [-0.39, 0.29) is 5.91 Å². The number of amides is 1. The molecule has 142 valence electrons. The number of nitrogens with zero attached hydrogens (tertiary/aromatic N) is 3. The lowest BCUT2D eigenvalue weighted by atomic mass is 9.95. The third kappa shape index (κ3) is 3.55. The zero-order chi connectivity index (χ0) is 19.0. The normalized spacial score (nSPS) is 15.5. The van der Waals surface area contributed by atoms with Gasteiger partial charge in [-0.05, 0) is 61.8 Å². The molecule has 1 aromatic carbocycles. The number of rotatable bonds is 4. The maximum absolute atomic E-state index is 12.4. The SMILES string of the molecule is Cc1ccc2cc(C)c3nnc(SCC(=O)NC4CCCCC4)n3c2c1C. The van der Waals surface area contributed by atoms with Crippen LogP contribution in [0.4, 0.5) is 0 Å². The first-order valence-corrected chi connectivity index (χ1v) is 10.7. The average Bonchev–Trinajstić information content (AvgIpc) is 3.09. The number of nitrogens with one attached hydrogen (secondary N) is 1. The molecule has 1 amide bonds. The maximum Gasteiger partial charge on any atom is 0.230 e. The zero-order valence-corrected chi connectivity index (χ0v) is 17.0. The molecule has 1 fully saturated rings. The molecule has 0 aliphatic heterocycles. The molecule has 6 heteroatoms. The van der Waals surface area contributed by atoms with E-state index in [2.05, 4.69) is 58.9 Å². The van der Waals surface area contributed by atoms with Crippen molar-refractivity contribution in [3.63, 3.8) is 0 Å². The number of thioether (sulfide) groups is 1. The van der Waals surface area contributed by atoms with Crippen LogP contribution in [0.1, 0.15) is 48.8 Å². The molecule has 2 heterocycles. The highest BCUT2D eigenvalue weighted by molar-refractivity contribution is 7.99. The number of fused-ring (bicyclic) bond motifs is 3. The number of hydrogen-bond donors (Lipinski definition) is 1. The standard InChI is InChI=1S/C21H26N4OS/c1-13-9-10-16-11-14(2)20-23-24-21(25(20)19(16)15(13)3)27-12-18(26)22-17-7-5-4-6-8-17/h9-11,17H,4-8,12H2,1-3H3,(H,22,26). The molecule has 1 aliphatic carbocycles. The second kappa shape index (κ2) is 7.50. The summed E-state index contributed by atoms with van der Waals surface area (Å²) in [7, 11) is 0. The van der Waals surface area contributed by atoms with Gasteiger partial charge < -0.3 is 5.32 Å². The molecule has 0 bridgehead atoms. The van der Waals surface area contributed by atoms with E-state index in [1.54, 1.807) is 0 Å². The Hall–Kier alpha value is -2.08. The average molecular weight is 383 g/mol. The van der Waals surface area contributed by atoms with Gasteiger partial charge in [0.05, 0.1) is 11.3 Å². The highest BCUT2D eigenvalue weighted by Crippen LogP contribution is 2.29. The molecular weight excluding hydrogens is 356 g/mol. The fourth-order valence-electron chi connectivity index (χ4n) is 4.00. The number of pyridine rings is 1. The van der Waals surface area contributed by atoms with Gasteiger partial charge in [0.1, 0.15) is 0 Å². The van der Waals surface area contributed by atoms with E-state index in [9.17, 15) is 4.79 Å². The van der Waals surface area contributed by atoms with E-state index >= 15 is 0 Å². The van der Waals surface area contributed by atoms with Crippen molar-refractivity contribution in [2.24, 2.45) is 0 Å². The summed E-state index contributed by atoms with van der Waals surface area (Å²) in [6.45, 7) is 6.31. The predicted molar refractivity (Wildman–Crippen MR) is 110 cm³/mol. The van der Waals surface area contributed by atoms with Crippen molar-refractivity contribution >= 4 is 34.2 Å². The summed E-state index contributed by atoms with van der Waals surface area (Å²) in [4.78, 5) is 12.4. The van der Waals surface area contributed by atoms with Crippen molar-refractivity contribution < 1.29 is 4.79 Å². The van der Waals surface area contributed by atoms with Gasteiger partial charge in [0.15, 0.2) is 10.8 Å². The van der Waals surface area contributed by atoms with Gasteiger partial charge in [-0.15, -0.1) is 10.2 Å². The Bertz CT molecular complexity index is 1000. The molecule has 1 N–H and O–H groups in total. The highest BCUT2D eigenvalue weighted by Gasteiger charge is 2.18. The zero-order valence-electron chi connectivity index (χ0n) is 16.2. The monoisotopic (exact) mass is 382 g/mol. The van der Waals surface area contributed by atoms with Crippen LogP contribution in [0.15, 0.2) is 23.4 Å². The van der Waals surface area contributed by atoms with Crippen LogP contribution in [0.25, 0.3) is 16.6 Å². The lowest BCUT2D eigenvalue weighted by molar-refractivity contribution is -0.119. The molecule has 0 unspecified atom stereocenters. The van der Waals surface area contributed by atoms with Crippen LogP contribution in [0, 0.1) is 20.8 Å². The second-order valence-electron chi connectivity index (χ2n) is 7.61. The Kier molecular flexibility index (Phi) is 5.08. The summed E-state index contributed by atoms with van der Waals surface area (Å²) < 4.78 is 2.12. The molecule has 2 aromatic heterocycles. The topological polar surface area (TPSA) is 59.3 Å². The first-order valence-electron chi connectivity index (χ1n) is 9.71. The number of carbonyl (C=O) groups is 1. The minimum Gasteiger partial charge on any atom is -0.353 e. The summed E-state index contributed by atoms with van der Waals surface area (Å²) in [5.74, 6) is 0.464. The van der Waals surface area contributed by atoms with Crippen molar-refractivity contribution in [2.75, 3.05) is 5.75 Å². The Morgan fingerprint density at radius 3 is 2.70 bits per heavy atom. The van der Waals surface area contributed by atoms with Crippen LogP contribution >= 0.6 is 11.8 Å². The van der Waals surface area contributed by atoms with Crippen molar-refractivity contribution in [1.29, 1.82) is 0 Å². The number of carbonyl (C=O) groups excluding carboxylic acids is 1. The van der Waals surface area contributed by atoms with Crippen LogP contribution in [0.3, 0.4) is 0 Å². The molecule has 27 heavy (non-hydrogen) atoms. The summed E-state index contributed by atoms with van der Waals surface area (Å²) >= 11 is 1.47. The van der Waals surface area contributed by atoms with Crippen LogP contribution in [-0.4, -0.2) is 32.3 Å². The minimum absolute atomic E-state index is 0.0912. The molecule has 0 radical (unpaired) electrons. The van der Waals surface area contributed by atoms with Gasteiger partial charge in [0.25, 0.3) is 0 Å².